The predicted octanol–water partition coefficient (Wildman–Crippen LogP) is 1.81. The third-order valence-corrected chi connectivity index (χ3v) is 4.15. The van der Waals surface area contributed by atoms with Crippen molar-refractivity contribution in [2.24, 2.45) is 5.92 Å². The maximum atomic E-state index is 12.5. The minimum absolute atomic E-state index is 0.0996. The van der Waals surface area contributed by atoms with Gasteiger partial charge in [0.15, 0.2) is 0 Å². The van der Waals surface area contributed by atoms with E-state index in [-0.39, 0.29) is 5.91 Å². The van der Waals surface area contributed by atoms with Gasteiger partial charge in [0, 0.05) is 24.2 Å². The zero-order valence-electron chi connectivity index (χ0n) is 12.7. The third-order valence-electron chi connectivity index (χ3n) is 4.15. The molecule has 1 aliphatic rings. The number of hydrogen-bond donors (Lipinski definition) is 1. The van der Waals surface area contributed by atoms with Gasteiger partial charge < -0.3 is 14.7 Å². The lowest BCUT2D eigenvalue weighted by atomic mass is 9.96. The summed E-state index contributed by atoms with van der Waals surface area (Å²) in [7, 11) is 1.98. The van der Waals surface area contributed by atoms with Crippen molar-refractivity contribution in [2.75, 3.05) is 26.7 Å². The van der Waals surface area contributed by atoms with E-state index in [0.29, 0.717) is 17.3 Å². The van der Waals surface area contributed by atoms with Crippen molar-refractivity contribution >= 4 is 5.91 Å². The summed E-state index contributed by atoms with van der Waals surface area (Å²) in [4.78, 5) is 18.5. The van der Waals surface area contributed by atoms with E-state index in [4.69, 9.17) is 4.52 Å². The number of rotatable bonds is 4. The fourth-order valence-corrected chi connectivity index (χ4v) is 2.87. The summed E-state index contributed by atoms with van der Waals surface area (Å²) in [5.41, 5.74) is 1.55. The van der Waals surface area contributed by atoms with Crippen LogP contribution in [0.1, 0.15) is 23.2 Å². The van der Waals surface area contributed by atoms with Crippen LogP contribution in [0, 0.1) is 5.92 Å². The molecule has 3 rings (SSSR count). The standard InChI is InChI=1S/C16H20N4O2/c1-17-10-12-6-8-20(9-7-12)16(21)14-4-2-13(3-5-14)15-18-11-22-19-15/h2-5,11-12,17H,6-10H2,1H3. The van der Waals surface area contributed by atoms with Gasteiger partial charge in [-0.05, 0) is 44.5 Å². The van der Waals surface area contributed by atoms with Crippen molar-refractivity contribution in [3.63, 3.8) is 0 Å². The molecule has 2 aromatic rings. The van der Waals surface area contributed by atoms with Crippen molar-refractivity contribution in [3.8, 4) is 11.4 Å². The van der Waals surface area contributed by atoms with Gasteiger partial charge in [0.25, 0.3) is 5.91 Å². The van der Waals surface area contributed by atoms with Crippen molar-refractivity contribution in [2.45, 2.75) is 12.8 Å². The highest BCUT2D eigenvalue weighted by atomic mass is 16.5. The molecule has 116 valence electrons. The lowest BCUT2D eigenvalue weighted by Gasteiger charge is -2.32. The second-order valence-corrected chi connectivity index (χ2v) is 5.63. The topological polar surface area (TPSA) is 71.3 Å². The van der Waals surface area contributed by atoms with Gasteiger partial charge in [-0.3, -0.25) is 4.79 Å². The van der Waals surface area contributed by atoms with Crippen LogP contribution >= 0.6 is 0 Å². The molecule has 2 heterocycles. The largest absolute Gasteiger partial charge is 0.342 e. The van der Waals surface area contributed by atoms with Gasteiger partial charge >= 0.3 is 0 Å². The highest BCUT2D eigenvalue weighted by Gasteiger charge is 2.23. The molecule has 1 aromatic carbocycles. The molecular weight excluding hydrogens is 280 g/mol. The molecule has 0 saturated carbocycles. The third kappa shape index (κ3) is 3.17. The average Bonchev–Trinajstić information content (AvgIpc) is 3.10. The first kappa shape index (κ1) is 14.7. The van der Waals surface area contributed by atoms with E-state index in [1.807, 2.05) is 36.2 Å². The number of amides is 1. The second kappa shape index (κ2) is 6.70. The molecule has 1 saturated heterocycles. The smallest absolute Gasteiger partial charge is 0.253 e. The molecule has 0 unspecified atom stereocenters. The Morgan fingerprint density at radius 2 is 2.05 bits per heavy atom. The molecule has 22 heavy (non-hydrogen) atoms. The molecule has 1 aromatic heterocycles. The number of nitrogens with zero attached hydrogens (tertiary/aromatic N) is 3. The lowest BCUT2D eigenvalue weighted by molar-refractivity contribution is 0.0691. The maximum absolute atomic E-state index is 12.5. The SMILES string of the molecule is CNCC1CCN(C(=O)c2ccc(-c3ncon3)cc2)CC1. The van der Waals surface area contributed by atoms with E-state index in [9.17, 15) is 4.79 Å². The van der Waals surface area contributed by atoms with Crippen LogP contribution in [0.5, 0.6) is 0 Å². The number of hydrogen-bond acceptors (Lipinski definition) is 5. The summed E-state index contributed by atoms with van der Waals surface area (Å²) in [6.07, 6.45) is 3.42. The van der Waals surface area contributed by atoms with Gasteiger partial charge in [-0.2, -0.15) is 4.98 Å². The first-order valence-electron chi connectivity index (χ1n) is 7.58. The van der Waals surface area contributed by atoms with E-state index >= 15 is 0 Å². The van der Waals surface area contributed by atoms with E-state index in [1.54, 1.807) is 0 Å². The van der Waals surface area contributed by atoms with E-state index in [2.05, 4.69) is 15.5 Å². The van der Waals surface area contributed by atoms with E-state index in [1.165, 1.54) is 6.39 Å². The Labute approximate surface area is 129 Å². The van der Waals surface area contributed by atoms with Crippen molar-refractivity contribution in [3.05, 3.63) is 36.2 Å². The Hall–Kier alpha value is -2.21. The van der Waals surface area contributed by atoms with Gasteiger partial charge in [0.2, 0.25) is 12.2 Å². The summed E-state index contributed by atoms with van der Waals surface area (Å²) in [6.45, 7) is 2.69. The minimum atomic E-state index is 0.0996. The first-order valence-corrected chi connectivity index (χ1v) is 7.58. The lowest BCUT2D eigenvalue weighted by Crippen LogP contribution is -2.40. The van der Waals surface area contributed by atoms with Gasteiger partial charge in [-0.25, -0.2) is 0 Å². The Balaban J connectivity index is 1.63. The van der Waals surface area contributed by atoms with Crippen LogP contribution in [0.3, 0.4) is 0 Å². The molecule has 1 amide bonds. The number of carbonyl (C=O) groups is 1. The quantitative estimate of drug-likeness (QED) is 0.932. The fraction of sp³-hybridized carbons (Fsp3) is 0.438. The van der Waals surface area contributed by atoms with Crippen LogP contribution in [0.25, 0.3) is 11.4 Å². The Morgan fingerprint density at radius 1 is 1.32 bits per heavy atom. The monoisotopic (exact) mass is 300 g/mol. The summed E-state index contributed by atoms with van der Waals surface area (Å²) >= 11 is 0. The van der Waals surface area contributed by atoms with Crippen LogP contribution < -0.4 is 5.32 Å². The predicted molar refractivity (Wildman–Crippen MR) is 82.3 cm³/mol. The second-order valence-electron chi connectivity index (χ2n) is 5.63. The van der Waals surface area contributed by atoms with Crippen LogP contribution in [-0.4, -0.2) is 47.6 Å². The molecule has 0 bridgehead atoms. The number of carbonyl (C=O) groups excluding carboxylic acids is 1. The van der Waals surface area contributed by atoms with Crippen LogP contribution in [0.2, 0.25) is 0 Å². The normalized spacial score (nSPS) is 16.0. The van der Waals surface area contributed by atoms with Gasteiger partial charge in [0.1, 0.15) is 0 Å². The molecular formula is C16H20N4O2. The van der Waals surface area contributed by atoms with Gasteiger partial charge in [0.05, 0.1) is 0 Å². The van der Waals surface area contributed by atoms with Crippen molar-refractivity contribution in [1.29, 1.82) is 0 Å². The maximum Gasteiger partial charge on any atom is 0.253 e. The molecule has 1 fully saturated rings. The summed E-state index contributed by atoms with van der Waals surface area (Å²) < 4.78 is 4.73. The van der Waals surface area contributed by atoms with Crippen LogP contribution in [-0.2, 0) is 0 Å². The molecule has 0 radical (unpaired) electrons. The minimum Gasteiger partial charge on any atom is -0.342 e. The summed E-state index contributed by atoms with van der Waals surface area (Å²) in [5.74, 6) is 1.31. The molecule has 0 spiro atoms. The number of likely N-dealkylation sites (tertiary alicyclic amines) is 1. The number of aromatic nitrogens is 2. The molecule has 1 N–H and O–H groups in total. The highest BCUT2D eigenvalue weighted by molar-refractivity contribution is 5.94. The fourth-order valence-electron chi connectivity index (χ4n) is 2.87. The van der Waals surface area contributed by atoms with E-state index < -0.39 is 0 Å². The van der Waals surface area contributed by atoms with Crippen molar-refractivity contribution in [1.82, 2.24) is 20.4 Å². The average molecular weight is 300 g/mol. The Bertz CT molecular complexity index is 602. The van der Waals surface area contributed by atoms with Gasteiger partial charge in [-0.1, -0.05) is 17.3 Å². The highest BCUT2D eigenvalue weighted by Crippen LogP contribution is 2.20. The Kier molecular flexibility index (Phi) is 4.48. The zero-order chi connectivity index (χ0) is 15.4. The molecule has 1 aliphatic heterocycles. The zero-order valence-corrected chi connectivity index (χ0v) is 12.7. The van der Waals surface area contributed by atoms with Gasteiger partial charge in [-0.15, -0.1) is 0 Å². The first-order chi connectivity index (χ1) is 10.8. The van der Waals surface area contributed by atoms with E-state index in [0.717, 1.165) is 38.0 Å². The molecule has 6 nitrogen and oxygen atoms in total. The molecule has 0 aliphatic carbocycles. The van der Waals surface area contributed by atoms with Crippen molar-refractivity contribution < 1.29 is 9.32 Å². The van der Waals surface area contributed by atoms with Crippen LogP contribution in [0.15, 0.2) is 35.2 Å². The number of benzene rings is 1. The summed E-state index contributed by atoms with van der Waals surface area (Å²) in [6, 6.07) is 7.36. The molecule has 6 heteroatoms. The summed E-state index contributed by atoms with van der Waals surface area (Å²) in [5, 5.41) is 7.00. The Morgan fingerprint density at radius 3 is 2.64 bits per heavy atom. The number of piperidine rings is 1. The number of nitrogens with one attached hydrogen (secondary N) is 1. The van der Waals surface area contributed by atoms with Crippen LogP contribution in [0.4, 0.5) is 0 Å². The molecule has 0 atom stereocenters.